The lowest BCUT2D eigenvalue weighted by molar-refractivity contribution is 0.0581. The van der Waals surface area contributed by atoms with E-state index in [0.717, 1.165) is 12.1 Å². The van der Waals surface area contributed by atoms with Crippen LogP contribution in [0.4, 0.5) is 0 Å². The van der Waals surface area contributed by atoms with Crippen molar-refractivity contribution in [2.45, 2.75) is 18.6 Å². The van der Waals surface area contributed by atoms with Gasteiger partial charge in [-0.15, -0.1) is 0 Å². The fourth-order valence-corrected chi connectivity index (χ4v) is 1.89. The predicted octanol–water partition coefficient (Wildman–Crippen LogP) is 0.616. The second kappa shape index (κ2) is 5.85. The molecule has 84 valence electrons. The highest BCUT2D eigenvalue weighted by Crippen LogP contribution is 2.20. The lowest BCUT2D eigenvalue weighted by Gasteiger charge is -2.30. The minimum absolute atomic E-state index is 0.0398. The SMILES string of the molecule is C=C/C=C(\C=C)C(O)C1CNCC(O)C1. The quantitative estimate of drug-likeness (QED) is 0.595. The second-order valence-electron chi connectivity index (χ2n) is 3.86. The molecule has 1 heterocycles. The van der Waals surface area contributed by atoms with Gasteiger partial charge in [0.25, 0.3) is 0 Å². The maximum absolute atomic E-state index is 10.0. The normalized spacial score (nSPS) is 29.6. The predicted molar refractivity (Wildman–Crippen MR) is 61.5 cm³/mol. The van der Waals surface area contributed by atoms with E-state index in [4.69, 9.17) is 0 Å². The van der Waals surface area contributed by atoms with Crippen molar-refractivity contribution in [1.82, 2.24) is 5.32 Å². The highest BCUT2D eigenvalue weighted by molar-refractivity contribution is 5.26. The molecule has 0 bridgehead atoms. The zero-order valence-corrected chi connectivity index (χ0v) is 8.89. The minimum atomic E-state index is -0.581. The molecule has 15 heavy (non-hydrogen) atoms. The van der Waals surface area contributed by atoms with Crippen LogP contribution in [0.2, 0.25) is 0 Å². The zero-order chi connectivity index (χ0) is 11.3. The molecule has 1 aliphatic heterocycles. The summed E-state index contributed by atoms with van der Waals surface area (Å²) in [5, 5.41) is 22.6. The smallest absolute Gasteiger partial charge is 0.0831 e. The first kappa shape index (κ1) is 12.2. The van der Waals surface area contributed by atoms with E-state index in [9.17, 15) is 10.2 Å². The van der Waals surface area contributed by atoms with Gasteiger partial charge in [0, 0.05) is 19.0 Å². The van der Waals surface area contributed by atoms with Gasteiger partial charge in [-0.2, -0.15) is 0 Å². The molecule has 3 nitrogen and oxygen atoms in total. The molecular formula is C12H19NO2. The van der Waals surface area contributed by atoms with Crippen LogP contribution in [0.3, 0.4) is 0 Å². The molecule has 3 unspecified atom stereocenters. The Morgan fingerprint density at radius 3 is 2.67 bits per heavy atom. The number of hydrogen-bond acceptors (Lipinski definition) is 3. The molecule has 0 aliphatic carbocycles. The number of hydrogen-bond donors (Lipinski definition) is 3. The first-order chi connectivity index (χ1) is 7.19. The summed E-state index contributed by atoms with van der Waals surface area (Å²) < 4.78 is 0. The maximum atomic E-state index is 10.0. The first-order valence-electron chi connectivity index (χ1n) is 5.21. The van der Waals surface area contributed by atoms with Crippen LogP contribution in [0.5, 0.6) is 0 Å². The van der Waals surface area contributed by atoms with Crippen LogP contribution in [0.1, 0.15) is 6.42 Å². The monoisotopic (exact) mass is 209 g/mol. The van der Waals surface area contributed by atoms with E-state index in [0.29, 0.717) is 13.0 Å². The first-order valence-corrected chi connectivity index (χ1v) is 5.21. The lowest BCUT2D eigenvalue weighted by atomic mass is 9.88. The third kappa shape index (κ3) is 3.30. The van der Waals surface area contributed by atoms with Crippen molar-refractivity contribution in [3.05, 3.63) is 37.0 Å². The Balaban J connectivity index is 2.65. The molecule has 3 N–H and O–H groups in total. The summed E-state index contributed by atoms with van der Waals surface area (Å²) in [7, 11) is 0. The van der Waals surface area contributed by atoms with E-state index in [1.807, 2.05) is 0 Å². The van der Waals surface area contributed by atoms with Crippen molar-refractivity contribution in [2.24, 2.45) is 5.92 Å². The lowest BCUT2D eigenvalue weighted by Crippen LogP contribution is -2.44. The van der Waals surface area contributed by atoms with Crippen molar-refractivity contribution in [3.63, 3.8) is 0 Å². The standard InChI is InChI=1S/C12H19NO2/c1-3-5-9(4-2)12(15)10-6-11(14)8-13-7-10/h3-5,10-15H,1-2,6-8H2/b9-5+. The Morgan fingerprint density at radius 1 is 1.40 bits per heavy atom. The summed E-state index contributed by atoms with van der Waals surface area (Å²) >= 11 is 0. The van der Waals surface area contributed by atoms with Crippen molar-refractivity contribution < 1.29 is 10.2 Å². The average Bonchev–Trinajstić information content (AvgIpc) is 2.25. The van der Waals surface area contributed by atoms with Crippen LogP contribution in [0, 0.1) is 5.92 Å². The number of allylic oxidation sites excluding steroid dienone is 2. The zero-order valence-electron chi connectivity index (χ0n) is 8.89. The Labute approximate surface area is 90.8 Å². The number of piperidine rings is 1. The van der Waals surface area contributed by atoms with Gasteiger partial charge in [-0.25, -0.2) is 0 Å². The molecule has 3 heteroatoms. The molecule has 1 aliphatic rings. The molecule has 1 fully saturated rings. The molecule has 1 rings (SSSR count). The van der Waals surface area contributed by atoms with Gasteiger partial charge in [0.2, 0.25) is 0 Å². The topological polar surface area (TPSA) is 52.5 Å². The Kier molecular flexibility index (Phi) is 4.75. The van der Waals surface area contributed by atoms with Gasteiger partial charge in [0.05, 0.1) is 12.2 Å². The summed E-state index contributed by atoms with van der Waals surface area (Å²) in [5.74, 6) is 0.0398. The van der Waals surface area contributed by atoms with Gasteiger partial charge >= 0.3 is 0 Å². The molecule has 0 amide bonds. The molecule has 0 aromatic heterocycles. The third-order valence-electron chi connectivity index (χ3n) is 2.70. The van der Waals surface area contributed by atoms with Crippen LogP contribution in [0.15, 0.2) is 37.0 Å². The largest absolute Gasteiger partial charge is 0.392 e. The molecule has 0 saturated carbocycles. The highest BCUT2D eigenvalue weighted by Gasteiger charge is 2.27. The molecule has 0 radical (unpaired) electrons. The van der Waals surface area contributed by atoms with Crippen LogP contribution >= 0.6 is 0 Å². The summed E-state index contributed by atoms with van der Waals surface area (Å²) in [5.41, 5.74) is 0.755. The Bertz CT molecular complexity index is 260. The Hall–Kier alpha value is -0.900. The average molecular weight is 209 g/mol. The fraction of sp³-hybridized carbons (Fsp3) is 0.500. The fourth-order valence-electron chi connectivity index (χ4n) is 1.89. The van der Waals surface area contributed by atoms with Crippen molar-refractivity contribution in [2.75, 3.05) is 13.1 Å². The van der Waals surface area contributed by atoms with Crippen molar-refractivity contribution in [1.29, 1.82) is 0 Å². The van der Waals surface area contributed by atoms with Gasteiger partial charge in [-0.1, -0.05) is 31.4 Å². The minimum Gasteiger partial charge on any atom is -0.392 e. The maximum Gasteiger partial charge on any atom is 0.0831 e. The number of aliphatic hydroxyl groups excluding tert-OH is 2. The van der Waals surface area contributed by atoms with Crippen LogP contribution in [-0.4, -0.2) is 35.5 Å². The van der Waals surface area contributed by atoms with E-state index in [1.54, 1.807) is 18.2 Å². The van der Waals surface area contributed by atoms with Gasteiger partial charge in [-0.3, -0.25) is 0 Å². The van der Waals surface area contributed by atoms with Crippen molar-refractivity contribution in [3.8, 4) is 0 Å². The molecule has 1 saturated heterocycles. The third-order valence-corrected chi connectivity index (χ3v) is 2.70. The summed E-state index contributed by atoms with van der Waals surface area (Å²) in [6, 6.07) is 0. The molecule has 0 spiro atoms. The number of rotatable bonds is 4. The van der Waals surface area contributed by atoms with E-state index < -0.39 is 6.10 Å². The highest BCUT2D eigenvalue weighted by atomic mass is 16.3. The van der Waals surface area contributed by atoms with Crippen molar-refractivity contribution >= 4 is 0 Å². The van der Waals surface area contributed by atoms with Crippen LogP contribution in [-0.2, 0) is 0 Å². The molecule has 0 aromatic carbocycles. The van der Waals surface area contributed by atoms with E-state index >= 15 is 0 Å². The van der Waals surface area contributed by atoms with Crippen LogP contribution < -0.4 is 5.32 Å². The summed E-state index contributed by atoms with van der Waals surface area (Å²) in [6.45, 7) is 8.58. The Morgan fingerprint density at radius 2 is 2.13 bits per heavy atom. The molecule has 0 aromatic rings. The summed E-state index contributed by atoms with van der Waals surface area (Å²) in [6.07, 6.45) is 4.69. The van der Waals surface area contributed by atoms with Gasteiger partial charge in [0.15, 0.2) is 0 Å². The van der Waals surface area contributed by atoms with Gasteiger partial charge < -0.3 is 15.5 Å². The number of aliphatic hydroxyl groups is 2. The second-order valence-corrected chi connectivity index (χ2v) is 3.86. The van der Waals surface area contributed by atoms with E-state index in [-0.39, 0.29) is 12.0 Å². The van der Waals surface area contributed by atoms with Crippen LogP contribution in [0.25, 0.3) is 0 Å². The molecular weight excluding hydrogens is 190 g/mol. The van der Waals surface area contributed by atoms with Gasteiger partial charge in [0.1, 0.15) is 0 Å². The number of nitrogens with one attached hydrogen (secondary N) is 1. The van der Waals surface area contributed by atoms with E-state index in [2.05, 4.69) is 18.5 Å². The number of β-amino-alcohol motifs (C(OH)–C–C–N with tert-alkyl or cyclic N) is 1. The van der Waals surface area contributed by atoms with Gasteiger partial charge in [-0.05, 0) is 12.0 Å². The summed E-state index contributed by atoms with van der Waals surface area (Å²) in [4.78, 5) is 0. The molecule has 3 atom stereocenters. The van der Waals surface area contributed by atoms with E-state index in [1.165, 1.54) is 0 Å².